The molecule has 5 nitrogen and oxygen atoms in total. The molecule has 0 radical (unpaired) electrons. The molecule has 0 aliphatic carbocycles. The first-order chi connectivity index (χ1) is 14.8. The largest absolute Gasteiger partial charge is 0.461 e. The van der Waals surface area contributed by atoms with Gasteiger partial charge < -0.3 is 10.1 Å². The van der Waals surface area contributed by atoms with Crippen molar-refractivity contribution in [2.75, 3.05) is 12.2 Å². The molecule has 176 valence electrons. The summed E-state index contributed by atoms with van der Waals surface area (Å²) < 4.78 is 95.9. The minimum Gasteiger partial charge on any atom is -0.461 e. The quantitative estimate of drug-likeness (QED) is 0.469. The third kappa shape index (κ3) is 8.04. The van der Waals surface area contributed by atoms with Crippen molar-refractivity contribution in [2.24, 2.45) is 0 Å². The molecule has 0 aliphatic rings. The minimum atomic E-state index is -5.33. The van der Waals surface area contributed by atoms with Crippen LogP contribution in [0.4, 0.5) is 45.6 Å². The Morgan fingerprint density at radius 3 is 2.03 bits per heavy atom. The first-order valence-electron chi connectivity index (χ1n) is 7.87. The van der Waals surface area contributed by atoms with E-state index in [9.17, 15) is 44.7 Å². The number of anilines is 1. The Bertz CT molecular complexity index is 953. The van der Waals surface area contributed by atoms with Gasteiger partial charge in [-0.15, -0.1) is 0 Å². The molecule has 2 aromatic rings. The number of nitrogens with one attached hydrogen (secondary N) is 2. The van der Waals surface area contributed by atoms with E-state index in [4.69, 9.17) is 23.2 Å². The van der Waals surface area contributed by atoms with Crippen molar-refractivity contribution < 1.29 is 49.4 Å². The molecule has 0 fully saturated rings. The summed E-state index contributed by atoms with van der Waals surface area (Å²) in [6, 6.07) is 4.02. The molecule has 0 aliphatic heterocycles. The van der Waals surface area contributed by atoms with Gasteiger partial charge >= 0.3 is 18.6 Å². The number of hydrogen-bond acceptors (Lipinski definition) is 3. The zero-order chi connectivity index (χ0) is 24.6. The van der Waals surface area contributed by atoms with Crippen LogP contribution in [-0.4, -0.2) is 31.4 Å². The van der Waals surface area contributed by atoms with Crippen LogP contribution in [0.2, 0.25) is 10.0 Å². The third-order valence-electron chi connectivity index (χ3n) is 3.14. The van der Waals surface area contributed by atoms with Gasteiger partial charge in [-0.2, -0.15) is 13.2 Å². The van der Waals surface area contributed by atoms with E-state index in [0.717, 1.165) is 30.3 Å². The minimum absolute atomic E-state index is 0.0304. The number of alkyl halides is 6. The first-order valence-corrected chi connectivity index (χ1v) is 8.62. The Hall–Kier alpha value is -2.80. The summed E-state index contributed by atoms with van der Waals surface area (Å²) in [6.45, 7) is -1.13. The smallest absolute Gasteiger partial charge is 0.450 e. The van der Waals surface area contributed by atoms with Crippen molar-refractivity contribution in [1.82, 2.24) is 5.32 Å². The van der Waals surface area contributed by atoms with Gasteiger partial charge in [0, 0.05) is 6.07 Å². The molecule has 2 rings (SSSR count). The van der Waals surface area contributed by atoms with E-state index in [-0.39, 0.29) is 21.5 Å². The summed E-state index contributed by atoms with van der Waals surface area (Å²) in [6.07, 6.45) is -9.53. The molecule has 0 atom stereocenters. The molecule has 15 heteroatoms. The lowest BCUT2D eigenvalue weighted by Gasteiger charge is -2.11. The molecule has 0 aromatic heterocycles. The number of amides is 3. The number of imide groups is 1. The maximum absolute atomic E-state index is 13.5. The average Bonchev–Trinajstić information content (AvgIpc) is 2.65. The monoisotopic (exact) mass is 512 g/mol. The molecule has 32 heavy (non-hydrogen) atoms. The highest BCUT2D eigenvalue weighted by molar-refractivity contribution is 6.36. The van der Waals surface area contributed by atoms with E-state index in [1.807, 2.05) is 0 Å². The fourth-order valence-electron chi connectivity index (χ4n) is 1.83. The predicted octanol–water partition coefficient (Wildman–Crippen LogP) is 6.35. The van der Waals surface area contributed by atoms with Crippen LogP contribution in [0.1, 0.15) is 10.4 Å². The van der Waals surface area contributed by atoms with Gasteiger partial charge in [0.1, 0.15) is 22.9 Å². The standard InChI is InChI=1S/C15H9Cl2F3N2O3.C2HF5/c16-7-5-12(25-6-18)8(17)4-11(7)21-15(24)22-14(23)13-9(19)2-1-3-10(13)20;3-1(4)2(5,6)7/h1-5H,6H2,(H2,21,22,23,24);1H. The molecule has 0 unspecified atom stereocenters. The second-order valence-corrected chi connectivity index (χ2v) is 6.18. The van der Waals surface area contributed by atoms with Crippen LogP contribution in [0.5, 0.6) is 5.75 Å². The lowest BCUT2D eigenvalue weighted by molar-refractivity contribution is -0.219. The van der Waals surface area contributed by atoms with Crippen LogP contribution < -0.4 is 15.4 Å². The van der Waals surface area contributed by atoms with Crippen LogP contribution in [0.3, 0.4) is 0 Å². The topological polar surface area (TPSA) is 67.4 Å². The van der Waals surface area contributed by atoms with Gasteiger partial charge in [-0.05, 0) is 18.2 Å². The molecule has 0 saturated heterocycles. The summed E-state index contributed by atoms with van der Waals surface area (Å²) in [4.78, 5) is 23.6. The normalized spacial score (nSPS) is 10.8. The van der Waals surface area contributed by atoms with E-state index in [2.05, 4.69) is 10.1 Å². The molecule has 0 spiro atoms. The van der Waals surface area contributed by atoms with E-state index in [1.165, 1.54) is 0 Å². The van der Waals surface area contributed by atoms with E-state index in [0.29, 0.717) is 0 Å². The number of carbonyl (C=O) groups is 2. The van der Waals surface area contributed by atoms with Crippen molar-refractivity contribution in [2.45, 2.75) is 12.6 Å². The number of urea groups is 1. The fraction of sp³-hybridized carbons (Fsp3) is 0.176. The molecule has 2 aromatic carbocycles. The first kappa shape index (κ1) is 27.2. The summed E-state index contributed by atoms with van der Waals surface area (Å²) in [7, 11) is 0. The fourth-order valence-corrected chi connectivity index (χ4v) is 2.25. The molecule has 0 saturated carbocycles. The van der Waals surface area contributed by atoms with E-state index in [1.54, 1.807) is 5.32 Å². The van der Waals surface area contributed by atoms with Crippen molar-refractivity contribution in [3.8, 4) is 5.75 Å². The summed E-state index contributed by atoms with van der Waals surface area (Å²) in [5, 5.41) is 3.81. The maximum atomic E-state index is 13.5. The van der Waals surface area contributed by atoms with Gasteiger partial charge in [0.15, 0.2) is 0 Å². The Balaban J connectivity index is 0.000000633. The highest BCUT2D eigenvalue weighted by Crippen LogP contribution is 2.34. The summed E-state index contributed by atoms with van der Waals surface area (Å²) in [5.41, 5.74) is -0.939. The number of hydrogen-bond donors (Lipinski definition) is 2. The zero-order valence-electron chi connectivity index (χ0n) is 15.2. The number of ether oxygens (including phenoxy) is 1. The maximum Gasteiger partial charge on any atom is 0.450 e. The number of halogens is 10. The van der Waals surface area contributed by atoms with Gasteiger partial charge in [-0.1, -0.05) is 29.3 Å². The van der Waals surface area contributed by atoms with Crippen LogP contribution in [0.15, 0.2) is 30.3 Å². The molecular weight excluding hydrogens is 503 g/mol. The van der Waals surface area contributed by atoms with Gasteiger partial charge in [0.2, 0.25) is 6.86 Å². The van der Waals surface area contributed by atoms with Crippen LogP contribution in [-0.2, 0) is 0 Å². The van der Waals surface area contributed by atoms with Gasteiger partial charge in [-0.25, -0.2) is 26.7 Å². The van der Waals surface area contributed by atoms with Crippen molar-refractivity contribution >= 4 is 40.8 Å². The molecule has 3 amide bonds. The number of benzene rings is 2. The van der Waals surface area contributed by atoms with E-state index < -0.39 is 48.6 Å². The van der Waals surface area contributed by atoms with Gasteiger partial charge in [0.05, 0.1) is 15.7 Å². The van der Waals surface area contributed by atoms with Crippen LogP contribution in [0, 0.1) is 11.6 Å². The van der Waals surface area contributed by atoms with Crippen LogP contribution in [0.25, 0.3) is 0 Å². The van der Waals surface area contributed by atoms with Crippen molar-refractivity contribution in [1.29, 1.82) is 0 Å². The number of carbonyl (C=O) groups excluding carboxylic acids is 2. The Kier molecular flexibility index (Phi) is 9.97. The molecule has 0 heterocycles. The van der Waals surface area contributed by atoms with Crippen LogP contribution >= 0.6 is 23.2 Å². The van der Waals surface area contributed by atoms with Gasteiger partial charge in [0.25, 0.3) is 5.91 Å². The molecule has 0 bridgehead atoms. The molecular formula is C17H10Cl2F8N2O3. The lowest BCUT2D eigenvalue weighted by atomic mass is 10.2. The Morgan fingerprint density at radius 2 is 1.56 bits per heavy atom. The van der Waals surface area contributed by atoms with E-state index >= 15 is 0 Å². The summed E-state index contributed by atoms with van der Waals surface area (Å²) >= 11 is 11.7. The van der Waals surface area contributed by atoms with Gasteiger partial charge in [-0.3, -0.25) is 10.1 Å². The number of rotatable bonds is 4. The summed E-state index contributed by atoms with van der Waals surface area (Å²) in [5.74, 6) is -3.59. The Morgan fingerprint density at radius 1 is 1.03 bits per heavy atom. The lowest BCUT2D eigenvalue weighted by Crippen LogP contribution is -2.35. The van der Waals surface area contributed by atoms with Crippen molar-refractivity contribution in [3.05, 3.63) is 57.6 Å². The van der Waals surface area contributed by atoms with Crippen molar-refractivity contribution in [3.63, 3.8) is 0 Å². The highest BCUT2D eigenvalue weighted by Gasteiger charge is 2.40. The highest BCUT2D eigenvalue weighted by atomic mass is 35.5. The average molecular weight is 513 g/mol. The zero-order valence-corrected chi connectivity index (χ0v) is 16.7. The molecule has 2 N–H and O–H groups in total. The predicted molar refractivity (Wildman–Crippen MR) is 98.0 cm³/mol. The SMILES string of the molecule is FC(F)C(F)(F)F.O=C(NC(=O)c1c(F)cccc1F)Nc1cc(Cl)c(OCF)cc1Cl. The third-order valence-corrected chi connectivity index (χ3v) is 3.75. The Labute approximate surface area is 184 Å². The second-order valence-electron chi connectivity index (χ2n) is 5.36. The second kappa shape index (κ2) is 11.7.